The van der Waals surface area contributed by atoms with Crippen molar-refractivity contribution in [2.45, 2.75) is 159 Å². The standard InChI is InChI=1S/C62H97N21O15S2/c1-5-33(3)48-57(95)80-43(28-47(86)87)55(93)76-39(21-14-24-71-61(66)67)53(91)83-49(34(4)6-2)58(96)81-44(56(94)79-42(27-36-18-11-8-12-19-36)54(92)77-40(59(97)98)22-15-25-72-62(68)69)32-100-99-31-37(63)50(88)78-41(26-35-16-9-7-10-17-35)51(89)74-29-45(84)73-30-46(85)75-38(52(90)82-48)20-13-23-70-60(64)65/h7-12,16-19,33-34,37-44,48-49H,5-6,13-15,20-32,63H2,1-4H3,(H,73,84)(H,74,89)(H,75,85)(H,76,93)(H,77,92)(H,78,88)(H,79,94)(H,80,95)(H,81,96)(H,82,90)(H,83,91)(H,86,87)(H,97,98)(H4,64,65,70)(H4,66,67,71)(H4,68,69,72)/t33-,34-,37+,38+,39-,40-,41-,42+,43+,44+,48-,49+/m0/s1. The van der Waals surface area contributed by atoms with Crippen LogP contribution in [0.3, 0.4) is 0 Å². The van der Waals surface area contributed by atoms with Gasteiger partial charge in [0.05, 0.1) is 25.6 Å². The van der Waals surface area contributed by atoms with E-state index in [2.05, 4.69) is 73.5 Å². The Morgan fingerprint density at radius 3 is 1.52 bits per heavy atom. The zero-order valence-electron chi connectivity index (χ0n) is 56.3. The molecule has 0 aliphatic carbocycles. The first-order valence-corrected chi connectivity index (χ1v) is 34.9. The minimum atomic E-state index is -1.94. The van der Waals surface area contributed by atoms with Crippen molar-refractivity contribution in [2.24, 2.45) is 66.9 Å². The molecule has 0 saturated carbocycles. The van der Waals surface area contributed by atoms with Crippen LogP contribution in [0.15, 0.2) is 75.6 Å². The Morgan fingerprint density at radius 1 is 0.530 bits per heavy atom. The minimum absolute atomic E-state index is 0.0144. The first-order valence-electron chi connectivity index (χ1n) is 32.4. The molecule has 552 valence electrons. The number of hydrogen-bond acceptors (Lipinski definition) is 19. The van der Waals surface area contributed by atoms with Crippen LogP contribution in [-0.4, -0.2) is 210 Å². The van der Waals surface area contributed by atoms with Crippen LogP contribution >= 0.6 is 21.6 Å². The van der Waals surface area contributed by atoms with Crippen LogP contribution in [0.25, 0.3) is 0 Å². The van der Waals surface area contributed by atoms with Crippen LogP contribution in [0.4, 0.5) is 0 Å². The molecule has 27 N–H and O–H groups in total. The number of aliphatic imine (C=N–C) groups is 3. The molecular formula is C62H97N21O15S2. The normalized spacial score (nSPS) is 22.0. The van der Waals surface area contributed by atoms with Gasteiger partial charge in [0.1, 0.15) is 54.4 Å². The summed E-state index contributed by atoms with van der Waals surface area (Å²) in [7, 11) is 1.90. The molecule has 3 rings (SSSR count). The Morgan fingerprint density at radius 2 is 1.00 bits per heavy atom. The van der Waals surface area contributed by atoms with Crippen molar-refractivity contribution in [1.29, 1.82) is 0 Å². The highest BCUT2D eigenvalue weighted by Gasteiger charge is 2.38. The number of carboxylic acids is 2. The second kappa shape index (κ2) is 44.8. The van der Waals surface area contributed by atoms with E-state index in [0.717, 1.165) is 21.6 Å². The zero-order chi connectivity index (χ0) is 74.4. The minimum Gasteiger partial charge on any atom is -0.481 e. The molecule has 11 amide bonds. The number of benzene rings is 2. The maximum absolute atomic E-state index is 14.9. The van der Waals surface area contributed by atoms with E-state index in [1.807, 2.05) is 0 Å². The van der Waals surface area contributed by atoms with E-state index in [1.165, 1.54) is 0 Å². The third kappa shape index (κ3) is 32.1. The van der Waals surface area contributed by atoms with Gasteiger partial charge in [-0.1, -0.05) is 123 Å². The highest BCUT2D eigenvalue weighted by atomic mass is 33.1. The first-order chi connectivity index (χ1) is 47.4. The molecule has 0 radical (unpaired) electrons. The highest BCUT2D eigenvalue weighted by Crippen LogP contribution is 2.24. The predicted molar refractivity (Wildman–Crippen MR) is 375 cm³/mol. The van der Waals surface area contributed by atoms with Crippen molar-refractivity contribution in [2.75, 3.05) is 44.2 Å². The Hall–Kier alpha value is -9.98. The van der Waals surface area contributed by atoms with Gasteiger partial charge in [-0.25, -0.2) is 4.79 Å². The number of carbonyl (C=O) groups is 13. The molecule has 100 heavy (non-hydrogen) atoms. The number of carboxylic acid groups (broad SMARTS) is 2. The Bertz CT molecular complexity index is 3180. The summed E-state index contributed by atoms with van der Waals surface area (Å²) >= 11 is 0. The largest absolute Gasteiger partial charge is 0.481 e. The molecule has 0 bridgehead atoms. The van der Waals surface area contributed by atoms with Crippen LogP contribution in [0.1, 0.15) is 96.6 Å². The second-order valence-corrected chi connectivity index (χ2v) is 26.1. The van der Waals surface area contributed by atoms with Crippen molar-refractivity contribution in [1.82, 2.24) is 58.5 Å². The van der Waals surface area contributed by atoms with Crippen molar-refractivity contribution in [3.8, 4) is 0 Å². The molecule has 0 aromatic heterocycles. The van der Waals surface area contributed by atoms with Gasteiger partial charge in [-0.15, -0.1) is 0 Å². The van der Waals surface area contributed by atoms with Gasteiger partial charge < -0.3 is 109 Å². The molecule has 0 unspecified atom stereocenters. The molecule has 2 aromatic rings. The molecule has 1 heterocycles. The summed E-state index contributed by atoms with van der Waals surface area (Å²) in [6.45, 7) is 4.98. The second-order valence-electron chi connectivity index (χ2n) is 23.6. The summed E-state index contributed by atoms with van der Waals surface area (Å²) in [6.07, 6.45) is -1.29. The number of nitrogens with one attached hydrogen (secondary N) is 11. The summed E-state index contributed by atoms with van der Waals surface area (Å²) in [5.74, 6) is -16.4. The molecule has 1 aliphatic rings. The topological polar surface area (TPSA) is 614 Å². The smallest absolute Gasteiger partial charge is 0.326 e. The lowest BCUT2D eigenvalue weighted by Crippen LogP contribution is -2.62. The Balaban J connectivity index is 2.23. The lowest BCUT2D eigenvalue weighted by Gasteiger charge is -2.30. The number of rotatable bonds is 27. The fraction of sp³-hybridized carbons (Fsp3) is 0.548. The van der Waals surface area contributed by atoms with E-state index < -0.39 is 169 Å². The van der Waals surface area contributed by atoms with Gasteiger partial charge in [0.15, 0.2) is 17.9 Å². The predicted octanol–water partition coefficient (Wildman–Crippen LogP) is -5.40. The van der Waals surface area contributed by atoms with Crippen molar-refractivity contribution >= 4 is 116 Å². The van der Waals surface area contributed by atoms with E-state index in [1.54, 1.807) is 88.4 Å². The fourth-order valence-corrected chi connectivity index (χ4v) is 11.9. The van der Waals surface area contributed by atoms with E-state index in [-0.39, 0.29) is 113 Å². The SMILES string of the molecule is CC[C@H](C)[C@@H]1NC(=O)[C@@H](CCCN=C(N)N)NC(=O)CNC(=O)CNC(=O)[C@H](Cc2ccccc2)NC(=O)[C@H](N)CSSC[C@H](C(=O)N[C@H](Cc2ccccc2)C(=O)N[C@@H](CCCN=C(N)N)C(=O)O)NC(=O)[C@@H]([C@@H](C)CC)NC(=O)[C@H](CCCN=C(N)N)NC(=O)[C@@H](CC(=O)O)NC1=O. The third-order valence-electron chi connectivity index (χ3n) is 15.6. The average molecular weight is 1440 g/mol. The number of nitrogens with zero attached hydrogens (tertiary/aromatic N) is 3. The molecule has 1 fully saturated rings. The first kappa shape index (κ1) is 84.2. The summed E-state index contributed by atoms with van der Waals surface area (Å²) in [5.41, 5.74) is 40.5. The van der Waals surface area contributed by atoms with Gasteiger partial charge in [-0.2, -0.15) is 0 Å². The maximum atomic E-state index is 14.9. The van der Waals surface area contributed by atoms with E-state index in [4.69, 9.17) is 40.1 Å². The van der Waals surface area contributed by atoms with Gasteiger partial charge in [0, 0.05) is 44.0 Å². The van der Waals surface area contributed by atoms with Crippen LogP contribution < -0.4 is 98.6 Å². The van der Waals surface area contributed by atoms with Gasteiger partial charge in [-0.05, 0) is 61.5 Å². The number of aliphatic carboxylic acids is 2. The monoisotopic (exact) mass is 1440 g/mol. The Kier molecular flexibility index (Phi) is 37.8. The number of amides is 11. The van der Waals surface area contributed by atoms with Crippen LogP contribution in [0.5, 0.6) is 0 Å². The molecule has 12 atom stereocenters. The molecule has 0 spiro atoms. The molecule has 38 heteroatoms. The van der Waals surface area contributed by atoms with Crippen molar-refractivity contribution in [3.63, 3.8) is 0 Å². The van der Waals surface area contributed by atoms with Crippen molar-refractivity contribution < 1.29 is 72.5 Å². The van der Waals surface area contributed by atoms with Crippen molar-refractivity contribution in [3.05, 3.63) is 71.8 Å². The highest BCUT2D eigenvalue weighted by molar-refractivity contribution is 8.76. The van der Waals surface area contributed by atoms with E-state index >= 15 is 0 Å². The lowest BCUT2D eigenvalue weighted by atomic mass is 9.96. The van der Waals surface area contributed by atoms with Crippen LogP contribution in [-0.2, 0) is 75.2 Å². The van der Waals surface area contributed by atoms with E-state index in [0.29, 0.717) is 11.1 Å². The summed E-state index contributed by atoms with van der Waals surface area (Å²) in [5, 5.41) is 48.1. The molecule has 36 nitrogen and oxygen atoms in total. The molecule has 2 aromatic carbocycles. The number of hydrogen-bond donors (Lipinski definition) is 20. The van der Waals surface area contributed by atoms with Gasteiger partial charge in [-0.3, -0.25) is 72.5 Å². The lowest BCUT2D eigenvalue weighted by molar-refractivity contribution is -0.142. The van der Waals surface area contributed by atoms with E-state index in [9.17, 15) is 72.5 Å². The molecule has 1 saturated heterocycles. The van der Waals surface area contributed by atoms with Gasteiger partial charge in [0.25, 0.3) is 0 Å². The zero-order valence-corrected chi connectivity index (χ0v) is 58.0. The summed E-state index contributed by atoms with van der Waals surface area (Å²) < 4.78 is 0. The maximum Gasteiger partial charge on any atom is 0.326 e. The average Bonchev–Trinajstić information content (AvgIpc) is 0.855. The molecule has 1 aliphatic heterocycles. The quantitative estimate of drug-likeness (QED) is 0.0172. The summed E-state index contributed by atoms with van der Waals surface area (Å²) in [4.78, 5) is 193. The van der Waals surface area contributed by atoms with Gasteiger partial charge in [0.2, 0.25) is 65.0 Å². The van der Waals surface area contributed by atoms with Crippen LogP contribution in [0.2, 0.25) is 0 Å². The Labute approximate surface area is 586 Å². The number of nitrogens with two attached hydrogens (primary N) is 7. The number of guanidine groups is 3. The third-order valence-corrected chi connectivity index (χ3v) is 18.0. The van der Waals surface area contributed by atoms with Crippen LogP contribution in [0, 0.1) is 11.8 Å². The summed E-state index contributed by atoms with van der Waals surface area (Å²) in [6, 6.07) is 1.52. The number of carbonyl (C=O) groups excluding carboxylic acids is 11. The van der Waals surface area contributed by atoms with Gasteiger partial charge >= 0.3 is 11.9 Å². The molecular weight excluding hydrogens is 1340 g/mol. The fourth-order valence-electron chi connectivity index (χ4n) is 9.61.